The summed E-state index contributed by atoms with van der Waals surface area (Å²) < 4.78 is 0. The van der Waals surface area contributed by atoms with Gasteiger partial charge < -0.3 is 10.2 Å². The van der Waals surface area contributed by atoms with E-state index in [0.717, 1.165) is 19.3 Å². The van der Waals surface area contributed by atoms with Crippen LogP contribution in [0, 0.1) is 34.5 Å². The Hall–Kier alpha value is -0.740. The molecule has 8 atom stereocenters. The highest BCUT2D eigenvalue weighted by molar-refractivity contribution is 5.88. The Kier molecular flexibility index (Phi) is 3.35. The number of ketones is 2. The van der Waals surface area contributed by atoms with Crippen LogP contribution in [0.5, 0.6) is 0 Å². The third-order valence-corrected chi connectivity index (χ3v) is 8.29. The maximum absolute atomic E-state index is 12.5. The molecule has 0 saturated heterocycles. The van der Waals surface area contributed by atoms with Crippen LogP contribution in [-0.4, -0.2) is 34.0 Å². The molecule has 0 aromatic rings. The van der Waals surface area contributed by atoms with Gasteiger partial charge in [-0.2, -0.15) is 0 Å². The van der Waals surface area contributed by atoms with E-state index in [4.69, 9.17) is 0 Å². The van der Waals surface area contributed by atoms with Gasteiger partial charge in [0.25, 0.3) is 0 Å². The van der Waals surface area contributed by atoms with Gasteiger partial charge in [-0.25, -0.2) is 0 Å². The predicted molar refractivity (Wildman–Crippen MR) is 84.5 cm³/mol. The van der Waals surface area contributed by atoms with Crippen LogP contribution in [0.4, 0.5) is 0 Å². The molecular weight excluding hydrogens is 292 g/mol. The average molecular weight is 320 g/mol. The number of aliphatic hydroxyl groups is 2. The Bertz CT molecular complexity index is 558. The van der Waals surface area contributed by atoms with Crippen molar-refractivity contribution in [3.05, 3.63) is 0 Å². The second-order valence-electron chi connectivity index (χ2n) is 9.05. The Morgan fingerprint density at radius 3 is 2.57 bits per heavy atom. The van der Waals surface area contributed by atoms with Gasteiger partial charge in [-0.1, -0.05) is 6.92 Å². The molecule has 4 fully saturated rings. The summed E-state index contributed by atoms with van der Waals surface area (Å²) in [6, 6.07) is 0. The van der Waals surface area contributed by atoms with E-state index >= 15 is 0 Å². The molecule has 4 rings (SSSR count). The molecule has 2 N–H and O–H groups in total. The molecule has 0 aliphatic heterocycles. The van der Waals surface area contributed by atoms with E-state index in [-0.39, 0.29) is 23.5 Å². The lowest BCUT2D eigenvalue weighted by Gasteiger charge is -2.60. The van der Waals surface area contributed by atoms with Crippen LogP contribution in [0.1, 0.15) is 58.8 Å². The number of rotatable bonds is 0. The van der Waals surface area contributed by atoms with Crippen molar-refractivity contribution in [2.24, 2.45) is 34.5 Å². The van der Waals surface area contributed by atoms with E-state index < -0.39 is 17.6 Å². The summed E-state index contributed by atoms with van der Waals surface area (Å²) >= 11 is 0. The number of hydrogen-bond acceptors (Lipinski definition) is 4. The number of carbonyl (C=O) groups is 2. The molecule has 23 heavy (non-hydrogen) atoms. The molecule has 128 valence electrons. The van der Waals surface area contributed by atoms with Gasteiger partial charge in [0.15, 0.2) is 0 Å². The first-order valence-corrected chi connectivity index (χ1v) is 9.19. The van der Waals surface area contributed by atoms with Crippen molar-refractivity contribution in [2.75, 3.05) is 0 Å². The van der Waals surface area contributed by atoms with E-state index in [1.807, 2.05) is 6.92 Å². The van der Waals surface area contributed by atoms with Gasteiger partial charge >= 0.3 is 0 Å². The third-order valence-electron chi connectivity index (χ3n) is 8.29. The largest absolute Gasteiger partial charge is 0.392 e. The molecule has 0 amide bonds. The highest BCUT2D eigenvalue weighted by atomic mass is 16.3. The Morgan fingerprint density at radius 1 is 1.09 bits per heavy atom. The van der Waals surface area contributed by atoms with Gasteiger partial charge in [0, 0.05) is 25.2 Å². The lowest BCUT2D eigenvalue weighted by Crippen LogP contribution is -2.59. The zero-order valence-electron chi connectivity index (χ0n) is 14.1. The monoisotopic (exact) mass is 320 g/mol. The molecule has 0 heterocycles. The average Bonchev–Trinajstić information content (AvgIpc) is 2.73. The van der Waals surface area contributed by atoms with Crippen molar-refractivity contribution >= 4 is 11.6 Å². The fourth-order valence-electron chi connectivity index (χ4n) is 6.85. The van der Waals surface area contributed by atoms with E-state index in [0.29, 0.717) is 42.8 Å². The van der Waals surface area contributed by atoms with Crippen molar-refractivity contribution in [3.8, 4) is 0 Å². The third kappa shape index (κ3) is 1.91. The smallest absolute Gasteiger partial charge is 0.144 e. The number of fused-ring (bicyclic) bond motifs is 5. The summed E-state index contributed by atoms with van der Waals surface area (Å²) in [4.78, 5) is 24.3. The summed E-state index contributed by atoms with van der Waals surface area (Å²) in [5.41, 5.74) is -0.696. The van der Waals surface area contributed by atoms with E-state index in [1.165, 1.54) is 0 Å². The van der Waals surface area contributed by atoms with E-state index in [9.17, 15) is 19.8 Å². The first-order chi connectivity index (χ1) is 10.8. The molecule has 0 aromatic heterocycles. The summed E-state index contributed by atoms with van der Waals surface area (Å²) in [5, 5.41) is 21.4. The fraction of sp³-hybridized carbons (Fsp3) is 0.895. The minimum absolute atomic E-state index is 0.0343. The number of Topliss-reactive ketones (excluding diaryl/α,β-unsaturated/α-hetero) is 2. The predicted octanol–water partition coefficient (Wildman–Crippen LogP) is 2.11. The molecule has 4 aliphatic rings. The van der Waals surface area contributed by atoms with Crippen molar-refractivity contribution in [1.82, 2.24) is 0 Å². The highest BCUT2D eigenvalue weighted by Gasteiger charge is 2.65. The van der Waals surface area contributed by atoms with Crippen molar-refractivity contribution in [3.63, 3.8) is 0 Å². The number of aliphatic hydroxyl groups excluding tert-OH is 2. The second kappa shape index (κ2) is 4.89. The molecule has 4 saturated carbocycles. The molecule has 0 unspecified atom stereocenters. The van der Waals surface area contributed by atoms with Gasteiger partial charge in [0.2, 0.25) is 0 Å². The Labute approximate surface area is 137 Å². The summed E-state index contributed by atoms with van der Waals surface area (Å²) in [7, 11) is 0. The minimum atomic E-state index is -0.770. The quantitative estimate of drug-likeness (QED) is 0.717. The van der Waals surface area contributed by atoms with Crippen LogP contribution in [0.25, 0.3) is 0 Å². The maximum atomic E-state index is 12.5. The van der Waals surface area contributed by atoms with Gasteiger partial charge in [-0.15, -0.1) is 0 Å². The standard InChI is InChI=1S/C19H28O4/c1-18-6-5-11(20)7-10(18)3-4-12-13(18)8-15(22)19(2)16(23)9-14(21)17(12)19/h10,12-15,17,21-22H,3-9H2,1-2H3/t10-,12+,13-,14-,15+,17-,18-,19-/m0/s1. The molecule has 0 bridgehead atoms. The van der Waals surface area contributed by atoms with Crippen LogP contribution < -0.4 is 0 Å². The Balaban J connectivity index is 1.72. The van der Waals surface area contributed by atoms with Crippen molar-refractivity contribution < 1.29 is 19.8 Å². The Morgan fingerprint density at radius 2 is 1.83 bits per heavy atom. The second-order valence-corrected chi connectivity index (χ2v) is 9.05. The SMILES string of the molecule is C[C@]12CCC(=O)C[C@@H]1CC[C@H]1[C@H]3[C@@H](O)CC(=O)[C@]3(C)[C@H](O)C[C@@H]12. The van der Waals surface area contributed by atoms with Gasteiger partial charge in [0.05, 0.1) is 17.6 Å². The summed E-state index contributed by atoms with van der Waals surface area (Å²) in [5.74, 6) is 1.34. The number of carbonyl (C=O) groups excluding carboxylic acids is 2. The molecule has 0 spiro atoms. The molecule has 0 aromatic carbocycles. The fourth-order valence-corrected chi connectivity index (χ4v) is 6.85. The topological polar surface area (TPSA) is 74.6 Å². The van der Waals surface area contributed by atoms with Gasteiger partial charge in [0.1, 0.15) is 11.6 Å². The van der Waals surface area contributed by atoms with Crippen molar-refractivity contribution in [2.45, 2.75) is 71.0 Å². The molecule has 4 nitrogen and oxygen atoms in total. The number of hydrogen-bond donors (Lipinski definition) is 2. The zero-order chi connectivity index (χ0) is 16.6. The highest BCUT2D eigenvalue weighted by Crippen LogP contribution is 2.65. The normalized spacial score (nSPS) is 56.0. The maximum Gasteiger partial charge on any atom is 0.144 e. The lowest BCUT2D eigenvalue weighted by molar-refractivity contribution is -0.175. The zero-order valence-corrected chi connectivity index (χ0v) is 14.1. The van der Waals surface area contributed by atoms with Crippen LogP contribution in [0.15, 0.2) is 0 Å². The van der Waals surface area contributed by atoms with Crippen molar-refractivity contribution in [1.29, 1.82) is 0 Å². The van der Waals surface area contributed by atoms with E-state index in [2.05, 4.69) is 6.92 Å². The molecule has 4 heteroatoms. The van der Waals surface area contributed by atoms with Gasteiger partial charge in [-0.3, -0.25) is 9.59 Å². The molecule has 0 radical (unpaired) electrons. The lowest BCUT2D eigenvalue weighted by atomic mass is 9.44. The first kappa shape index (κ1) is 15.8. The summed E-state index contributed by atoms with van der Waals surface area (Å²) in [6.45, 7) is 4.16. The van der Waals surface area contributed by atoms with Gasteiger partial charge in [-0.05, 0) is 55.8 Å². The van der Waals surface area contributed by atoms with E-state index in [1.54, 1.807) is 0 Å². The molecule has 4 aliphatic carbocycles. The van der Waals surface area contributed by atoms with Crippen LogP contribution in [0.3, 0.4) is 0 Å². The van der Waals surface area contributed by atoms with Crippen LogP contribution in [0.2, 0.25) is 0 Å². The molecular formula is C19H28O4. The minimum Gasteiger partial charge on any atom is -0.392 e. The first-order valence-electron chi connectivity index (χ1n) is 9.19. The van der Waals surface area contributed by atoms with Crippen LogP contribution in [-0.2, 0) is 9.59 Å². The van der Waals surface area contributed by atoms with Crippen LogP contribution >= 0.6 is 0 Å². The summed E-state index contributed by atoms with van der Waals surface area (Å²) in [6.07, 6.45) is 3.80.